The Hall–Kier alpha value is -3.22. The number of nitrogens with zero attached hydrogens (tertiary/aromatic N) is 2. The van der Waals surface area contributed by atoms with Gasteiger partial charge in [0, 0.05) is 21.8 Å². The number of rotatable bonds is 1. The summed E-state index contributed by atoms with van der Waals surface area (Å²) in [6, 6.07) is 19.3. The Morgan fingerprint density at radius 2 is 1.67 bits per heavy atom. The number of thiophene rings is 1. The van der Waals surface area contributed by atoms with Gasteiger partial charge in [0.1, 0.15) is 0 Å². The Balaban J connectivity index is 1.86. The Labute approximate surface area is 180 Å². The maximum atomic E-state index is 7.45. The quantitative estimate of drug-likeness (QED) is 0.255. The van der Waals surface area contributed by atoms with Crippen LogP contribution in [0.4, 0.5) is 5.69 Å². The Kier molecular flexibility index (Phi) is 4.17. The van der Waals surface area contributed by atoms with Gasteiger partial charge >= 0.3 is 0 Å². The fourth-order valence-electron chi connectivity index (χ4n) is 4.29. The topological polar surface area (TPSA) is 17.2 Å². The minimum absolute atomic E-state index is 0.0325. The SMILES string of the molecule is [C-]#[N+]c1ccc2c(sc3c(-c4cc(C(C)(C)C)c5ccccc5c4)nccc32)c1C. The van der Waals surface area contributed by atoms with Gasteiger partial charge < -0.3 is 0 Å². The summed E-state index contributed by atoms with van der Waals surface area (Å²) in [5.74, 6) is 0. The minimum atomic E-state index is 0.0325. The molecule has 2 aromatic heterocycles. The summed E-state index contributed by atoms with van der Waals surface area (Å²) in [7, 11) is 0. The van der Waals surface area contributed by atoms with Crippen molar-refractivity contribution < 1.29 is 0 Å². The molecule has 2 heterocycles. The summed E-state index contributed by atoms with van der Waals surface area (Å²) in [4.78, 5) is 8.51. The molecule has 5 aromatic rings. The van der Waals surface area contributed by atoms with Crippen LogP contribution in [0.5, 0.6) is 0 Å². The van der Waals surface area contributed by atoms with Crippen molar-refractivity contribution in [3.05, 3.63) is 83.3 Å². The van der Waals surface area contributed by atoms with Crippen LogP contribution in [-0.2, 0) is 5.41 Å². The molecular weight excluding hydrogens is 384 g/mol. The van der Waals surface area contributed by atoms with E-state index >= 15 is 0 Å². The van der Waals surface area contributed by atoms with E-state index in [4.69, 9.17) is 11.6 Å². The number of pyridine rings is 1. The molecule has 0 aliphatic rings. The van der Waals surface area contributed by atoms with Gasteiger partial charge in [-0.15, -0.1) is 11.3 Å². The van der Waals surface area contributed by atoms with Gasteiger partial charge in [0.25, 0.3) is 0 Å². The largest absolute Gasteiger partial charge is 0.255 e. The zero-order valence-corrected chi connectivity index (χ0v) is 18.4. The normalized spacial score (nSPS) is 12.0. The summed E-state index contributed by atoms with van der Waals surface area (Å²) in [6.45, 7) is 16.3. The molecule has 2 nitrogen and oxygen atoms in total. The highest BCUT2D eigenvalue weighted by molar-refractivity contribution is 7.26. The molecule has 0 saturated heterocycles. The summed E-state index contributed by atoms with van der Waals surface area (Å²) >= 11 is 1.75. The molecule has 3 heteroatoms. The van der Waals surface area contributed by atoms with Crippen molar-refractivity contribution in [2.45, 2.75) is 33.1 Å². The molecule has 0 aliphatic heterocycles. The van der Waals surface area contributed by atoms with E-state index in [1.54, 1.807) is 11.3 Å². The fraction of sp³-hybridized carbons (Fsp3) is 0.185. The third-order valence-corrected chi connectivity index (χ3v) is 7.19. The van der Waals surface area contributed by atoms with E-state index in [9.17, 15) is 0 Å². The van der Waals surface area contributed by atoms with Crippen molar-refractivity contribution in [2.75, 3.05) is 0 Å². The predicted molar refractivity (Wildman–Crippen MR) is 130 cm³/mol. The van der Waals surface area contributed by atoms with Gasteiger partial charge in [-0.3, -0.25) is 4.98 Å². The van der Waals surface area contributed by atoms with Crippen LogP contribution in [0.2, 0.25) is 0 Å². The Bertz CT molecular complexity index is 1490. The number of hydrogen-bond acceptors (Lipinski definition) is 2. The molecule has 0 saturated carbocycles. The second-order valence-corrected chi connectivity index (χ2v) is 9.85. The molecule has 0 amide bonds. The summed E-state index contributed by atoms with van der Waals surface area (Å²) < 4.78 is 2.37. The molecule has 30 heavy (non-hydrogen) atoms. The van der Waals surface area contributed by atoms with Crippen molar-refractivity contribution in [2.24, 2.45) is 0 Å². The highest BCUT2D eigenvalue weighted by Crippen LogP contribution is 2.43. The maximum absolute atomic E-state index is 7.45. The first-order valence-electron chi connectivity index (χ1n) is 10.1. The minimum Gasteiger partial charge on any atom is -0.255 e. The highest BCUT2D eigenvalue weighted by Gasteiger charge is 2.20. The molecular formula is C27H22N2S. The summed E-state index contributed by atoms with van der Waals surface area (Å²) in [5, 5.41) is 4.96. The first-order chi connectivity index (χ1) is 14.4. The van der Waals surface area contributed by atoms with Gasteiger partial charge in [-0.1, -0.05) is 57.2 Å². The molecule has 146 valence electrons. The highest BCUT2D eigenvalue weighted by atomic mass is 32.1. The first-order valence-corrected chi connectivity index (χ1v) is 10.9. The molecule has 0 bridgehead atoms. The standard InChI is InChI=1S/C27H22N2S/c1-16-23(28-5)11-10-20-21-12-13-29-24(26(21)30-25(16)20)18-14-17-8-6-7-9-19(17)22(15-18)27(2,3)4/h6-15H,1-4H3. The lowest BCUT2D eigenvalue weighted by atomic mass is 9.82. The fourth-order valence-corrected chi connectivity index (χ4v) is 5.59. The zero-order chi connectivity index (χ0) is 21.0. The van der Waals surface area contributed by atoms with Gasteiger partial charge in [-0.25, -0.2) is 4.85 Å². The third kappa shape index (κ3) is 2.80. The van der Waals surface area contributed by atoms with Crippen molar-refractivity contribution in [1.29, 1.82) is 0 Å². The van der Waals surface area contributed by atoms with E-state index in [0.29, 0.717) is 0 Å². The number of hydrogen-bond donors (Lipinski definition) is 0. The molecule has 0 spiro atoms. The van der Waals surface area contributed by atoms with Gasteiger partial charge in [-0.05, 0) is 57.8 Å². The van der Waals surface area contributed by atoms with Crippen molar-refractivity contribution >= 4 is 48.0 Å². The maximum Gasteiger partial charge on any atom is 0.191 e. The van der Waals surface area contributed by atoms with E-state index in [1.807, 2.05) is 19.2 Å². The molecule has 0 radical (unpaired) electrons. The summed E-state index contributed by atoms with van der Waals surface area (Å²) in [6.07, 6.45) is 1.91. The summed E-state index contributed by atoms with van der Waals surface area (Å²) in [5.41, 5.74) is 5.33. The Morgan fingerprint density at radius 3 is 2.43 bits per heavy atom. The molecule has 0 fully saturated rings. The first kappa shape index (κ1) is 18.8. The van der Waals surface area contributed by atoms with Crippen molar-refractivity contribution in [3.63, 3.8) is 0 Å². The van der Waals surface area contributed by atoms with Crippen LogP contribution >= 0.6 is 11.3 Å². The average molecular weight is 407 g/mol. The van der Waals surface area contributed by atoms with E-state index < -0.39 is 0 Å². The van der Waals surface area contributed by atoms with Crippen LogP contribution in [0.3, 0.4) is 0 Å². The number of fused-ring (bicyclic) bond motifs is 4. The van der Waals surface area contributed by atoms with E-state index in [1.165, 1.54) is 36.5 Å². The smallest absolute Gasteiger partial charge is 0.191 e. The molecule has 5 rings (SSSR count). The van der Waals surface area contributed by atoms with Crippen LogP contribution < -0.4 is 0 Å². The number of aromatic nitrogens is 1. The molecule has 0 atom stereocenters. The molecule has 0 N–H and O–H groups in total. The van der Waals surface area contributed by atoms with Crippen LogP contribution in [0.15, 0.2) is 60.8 Å². The lowest BCUT2D eigenvalue weighted by Crippen LogP contribution is -2.12. The monoisotopic (exact) mass is 406 g/mol. The lowest BCUT2D eigenvalue weighted by molar-refractivity contribution is 0.596. The molecule has 0 unspecified atom stereocenters. The van der Waals surface area contributed by atoms with Crippen LogP contribution in [-0.4, -0.2) is 4.98 Å². The van der Waals surface area contributed by atoms with Crippen LogP contribution in [0.1, 0.15) is 31.9 Å². The average Bonchev–Trinajstić information content (AvgIpc) is 3.12. The van der Waals surface area contributed by atoms with E-state index in [0.717, 1.165) is 22.5 Å². The number of benzene rings is 3. The zero-order valence-electron chi connectivity index (χ0n) is 17.6. The van der Waals surface area contributed by atoms with E-state index in [-0.39, 0.29) is 5.41 Å². The number of aryl methyl sites for hydroxylation is 1. The third-order valence-electron chi connectivity index (χ3n) is 5.84. The van der Waals surface area contributed by atoms with Gasteiger partial charge in [0.05, 0.1) is 17.0 Å². The van der Waals surface area contributed by atoms with Gasteiger partial charge in [0.2, 0.25) is 0 Å². The second-order valence-electron chi connectivity index (χ2n) is 8.83. The van der Waals surface area contributed by atoms with Crippen molar-refractivity contribution in [3.8, 4) is 11.3 Å². The van der Waals surface area contributed by atoms with Gasteiger partial charge in [-0.2, -0.15) is 0 Å². The Morgan fingerprint density at radius 1 is 0.900 bits per heavy atom. The lowest BCUT2D eigenvalue weighted by Gasteiger charge is -2.22. The van der Waals surface area contributed by atoms with Crippen LogP contribution in [0, 0.1) is 13.5 Å². The van der Waals surface area contributed by atoms with Crippen molar-refractivity contribution in [1.82, 2.24) is 4.98 Å². The van der Waals surface area contributed by atoms with E-state index in [2.05, 4.69) is 74.1 Å². The predicted octanol–water partition coefficient (Wildman–Crippen LogP) is 8.43. The molecule has 3 aromatic carbocycles. The van der Waals surface area contributed by atoms with Crippen LogP contribution in [0.25, 0.3) is 47.0 Å². The van der Waals surface area contributed by atoms with Gasteiger partial charge in [0.15, 0.2) is 5.69 Å². The molecule has 0 aliphatic carbocycles. The second kappa shape index (κ2) is 6.65.